The van der Waals surface area contributed by atoms with Crippen LogP contribution in [-0.2, 0) is 17.6 Å². The van der Waals surface area contributed by atoms with E-state index < -0.39 is 5.60 Å². The molecule has 1 amide bonds. The number of rotatable bonds is 5. The van der Waals surface area contributed by atoms with Crippen LogP contribution in [0.1, 0.15) is 45.7 Å². The van der Waals surface area contributed by atoms with E-state index >= 15 is 0 Å². The second-order valence-corrected chi connectivity index (χ2v) is 6.19. The van der Waals surface area contributed by atoms with Crippen molar-refractivity contribution in [2.24, 2.45) is 0 Å². The van der Waals surface area contributed by atoms with Crippen LogP contribution in [0.5, 0.6) is 0 Å². The van der Waals surface area contributed by atoms with Crippen LogP contribution in [0.4, 0.5) is 10.5 Å². The summed E-state index contributed by atoms with van der Waals surface area (Å²) in [6.45, 7) is 11.0. The highest BCUT2D eigenvalue weighted by Gasteiger charge is 2.21. The standard InChI is InChI=1S/C17H28N2O2/c1-6-13-8-9-15(18)12-14(13)10-11-19(7-2)16(20)21-17(3,4)5/h8-9,12H,6-7,10-11,18H2,1-5H3. The van der Waals surface area contributed by atoms with Gasteiger partial charge in [-0.1, -0.05) is 13.0 Å². The van der Waals surface area contributed by atoms with E-state index in [1.54, 1.807) is 4.90 Å². The molecular formula is C17H28N2O2. The molecule has 0 unspecified atom stereocenters. The van der Waals surface area contributed by atoms with E-state index in [1.807, 2.05) is 39.8 Å². The second-order valence-electron chi connectivity index (χ2n) is 6.19. The van der Waals surface area contributed by atoms with Crippen molar-refractivity contribution in [3.63, 3.8) is 0 Å². The minimum Gasteiger partial charge on any atom is -0.444 e. The Bertz CT molecular complexity index is 478. The SMILES string of the molecule is CCc1ccc(N)cc1CCN(CC)C(=O)OC(C)(C)C. The molecule has 4 nitrogen and oxygen atoms in total. The van der Waals surface area contributed by atoms with Crippen LogP contribution < -0.4 is 5.73 Å². The monoisotopic (exact) mass is 292 g/mol. The van der Waals surface area contributed by atoms with E-state index in [0.29, 0.717) is 13.1 Å². The van der Waals surface area contributed by atoms with Crippen LogP contribution in [0, 0.1) is 0 Å². The number of nitrogens with two attached hydrogens (primary N) is 1. The number of anilines is 1. The Morgan fingerprint density at radius 3 is 2.43 bits per heavy atom. The quantitative estimate of drug-likeness (QED) is 0.843. The number of hydrogen-bond donors (Lipinski definition) is 1. The Morgan fingerprint density at radius 1 is 1.24 bits per heavy atom. The van der Waals surface area contributed by atoms with Crippen LogP contribution in [0.2, 0.25) is 0 Å². The highest BCUT2D eigenvalue weighted by Crippen LogP contribution is 2.16. The number of nitrogens with zero attached hydrogens (tertiary/aromatic N) is 1. The van der Waals surface area contributed by atoms with E-state index in [0.717, 1.165) is 18.5 Å². The number of ether oxygens (including phenoxy) is 1. The van der Waals surface area contributed by atoms with Gasteiger partial charge in [0.15, 0.2) is 0 Å². The molecule has 0 aliphatic carbocycles. The molecule has 118 valence electrons. The lowest BCUT2D eigenvalue weighted by Crippen LogP contribution is -2.37. The van der Waals surface area contributed by atoms with E-state index in [-0.39, 0.29) is 6.09 Å². The molecule has 2 N–H and O–H groups in total. The van der Waals surface area contributed by atoms with Gasteiger partial charge in [0, 0.05) is 18.8 Å². The number of benzene rings is 1. The lowest BCUT2D eigenvalue weighted by atomic mass is 10.0. The van der Waals surface area contributed by atoms with E-state index in [2.05, 4.69) is 13.0 Å². The summed E-state index contributed by atoms with van der Waals surface area (Å²) in [4.78, 5) is 13.8. The summed E-state index contributed by atoms with van der Waals surface area (Å²) in [5.41, 5.74) is 8.65. The Hall–Kier alpha value is -1.71. The number of aryl methyl sites for hydroxylation is 1. The van der Waals surface area contributed by atoms with Crippen LogP contribution in [0.3, 0.4) is 0 Å². The first kappa shape index (κ1) is 17.3. The first-order chi connectivity index (χ1) is 9.76. The van der Waals surface area contributed by atoms with Crippen molar-refractivity contribution in [3.8, 4) is 0 Å². The molecular weight excluding hydrogens is 264 g/mol. The molecule has 1 aromatic rings. The van der Waals surface area contributed by atoms with Gasteiger partial charge >= 0.3 is 6.09 Å². The first-order valence-electron chi connectivity index (χ1n) is 7.62. The zero-order chi connectivity index (χ0) is 16.0. The predicted molar refractivity (Wildman–Crippen MR) is 87.4 cm³/mol. The molecule has 0 spiro atoms. The van der Waals surface area contributed by atoms with Crippen LogP contribution in [0.25, 0.3) is 0 Å². The average molecular weight is 292 g/mol. The summed E-state index contributed by atoms with van der Waals surface area (Å²) < 4.78 is 5.42. The van der Waals surface area contributed by atoms with Crippen molar-refractivity contribution in [1.29, 1.82) is 0 Å². The normalized spacial score (nSPS) is 11.3. The van der Waals surface area contributed by atoms with E-state index in [4.69, 9.17) is 10.5 Å². The highest BCUT2D eigenvalue weighted by molar-refractivity contribution is 5.68. The van der Waals surface area contributed by atoms with Crippen molar-refractivity contribution >= 4 is 11.8 Å². The number of hydrogen-bond acceptors (Lipinski definition) is 3. The van der Waals surface area contributed by atoms with Crippen molar-refractivity contribution in [3.05, 3.63) is 29.3 Å². The van der Waals surface area contributed by atoms with Crippen molar-refractivity contribution < 1.29 is 9.53 Å². The maximum absolute atomic E-state index is 12.1. The number of carbonyl (C=O) groups is 1. The summed E-state index contributed by atoms with van der Waals surface area (Å²) >= 11 is 0. The van der Waals surface area contributed by atoms with Gasteiger partial charge in [0.1, 0.15) is 5.60 Å². The summed E-state index contributed by atoms with van der Waals surface area (Å²) in [6, 6.07) is 5.99. The molecule has 0 fully saturated rings. The molecule has 0 heterocycles. The minimum absolute atomic E-state index is 0.257. The van der Waals surface area contributed by atoms with Crippen LogP contribution in [0.15, 0.2) is 18.2 Å². The molecule has 1 aromatic carbocycles. The smallest absolute Gasteiger partial charge is 0.410 e. The number of nitrogen functional groups attached to an aromatic ring is 1. The molecule has 0 atom stereocenters. The fourth-order valence-electron chi connectivity index (χ4n) is 2.18. The van der Waals surface area contributed by atoms with Crippen molar-refractivity contribution in [2.75, 3.05) is 18.8 Å². The molecule has 0 saturated carbocycles. The topological polar surface area (TPSA) is 55.6 Å². The number of carbonyl (C=O) groups excluding carboxylic acids is 1. The van der Waals surface area contributed by atoms with Crippen molar-refractivity contribution in [1.82, 2.24) is 4.90 Å². The molecule has 0 aliphatic rings. The molecule has 0 aliphatic heterocycles. The zero-order valence-electron chi connectivity index (χ0n) is 13.9. The fourth-order valence-corrected chi connectivity index (χ4v) is 2.18. The van der Waals surface area contributed by atoms with Gasteiger partial charge in [0.25, 0.3) is 0 Å². The zero-order valence-corrected chi connectivity index (χ0v) is 13.9. The average Bonchev–Trinajstić information content (AvgIpc) is 2.37. The maximum atomic E-state index is 12.1. The summed E-state index contributed by atoms with van der Waals surface area (Å²) in [6.07, 6.45) is 1.50. The van der Waals surface area contributed by atoms with Gasteiger partial charge < -0.3 is 15.4 Å². The van der Waals surface area contributed by atoms with Gasteiger partial charge in [-0.05, 0) is 63.8 Å². The van der Waals surface area contributed by atoms with Crippen molar-refractivity contribution in [2.45, 2.75) is 53.1 Å². The maximum Gasteiger partial charge on any atom is 0.410 e. The number of amides is 1. The Kier molecular flexibility index (Phi) is 6.06. The summed E-state index contributed by atoms with van der Waals surface area (Å²) in [5, 5.41) is 0. The Morgan fingerprint density at radius 2 is 1.90 bits per heavy atom. The third-order valence-electron chi connectivity index (χ3n) is 3.30. The Labute approximate surface area is 128 Å². The minimum atomic E-state index is -0.462. The molecule has 0 aromatic heterocycles. The molecule has 0 radical (unpaired) electrons. The third kappa shape index (κ3) is 5.66. The van der Waals surface area contributed by atoms with Gasteiger partial charge in [0.2, 0.25) is 0 Å². The second kappa shape index (κ2) is 7.34. The molecule has 1 rings (SSSR count). The highest BCUT2D eigenvalue weighted by atomic mass is 16.6. The van der Waals surface area contributed by atoms with E-state index in [1.165, 1.54) is 11.1 Å². The Balaban J connectivity index is 2.71. The summed E-state index contributed by atoms with van der Waals surface area (Å²) in [5.74, 6) is 0. The van der Waals surface area contributed by atoms with Gasteiger partial charge in [-0.2, -0.15) is 0 Å². The van der Waals surface area contributed by atoms with Gasteiger partial charge in [-0.15, -0.1) is 0 Å². The lowest BCUT2D eigenvalue weighted by molar-refractivity contribution is 0.0262. The van der Waals surface area contributed by atoms with E-state index in [9.17, 15) is 4.79 Å². The third-order valence-corrected chi connectivity index (χ3v) is 3.30. The summed E-state index contributed by atoms with van der Waals surface area (Å²) in [7, 11) is 0. The van der Waals surface area contributed by atoms with Crippen LogP contribution >= 0.6 is 0 Å². The van der Waals surface area contributed by atoms with Gasteiger partial charge in [0.05, 0.1) is 0 Å². The number of likely N-dealkylation sites (N-methyl/N-ethyl adjacent to an activating group) is 1. The fraction of sp³-hybridized carbons (Fsp3) is 0.588. The van der Waals surface area contributed by atoms with Crippen LogP contribution in [-0.4, -0.2) is 29.7 Å². The molecule has 4 heteroatoms. The van der Waals surface area contributed by atoms with Gasteiger partial charge in [-0.3, -0.25) is 0 Å². The van der Waals surface area contributed by atoms with Gasteiger partial charge in [-0.25, -0.2) is 4.79 Å². The first-order valence-corrected chi connectivity index (χ1v) is 7.62. The molecule has 0 bridgehead atoms. The lowest BCUT2D eigenvalue weighted by Gasteiger charge is -2.26. The molecule has 21 heavy (non-hydrogen) atoms. The predicted octanol–water partition coefficient (Wildman–Crippen LogP) is 3.63. The largest absolute Gasteiger partial charge is 0.444 e. The molecule has 0 saturated heterocycles.